The Morgan fingerprint density at radius 2 is 1.94 bits per heavy atom. The molecule has 1 aliphatic carbocycles. The molecule has 5 nitrogen and oxygen atoms in total. The minimum absolute atomic E-state index is 0.113. The molecule has 2 aliphatic rings. The first-order valence-electron chi connectivity index (χ1n) is 11.8. The maximum absolute atomic E-state index is 13.4. The molecular weight excluding hydrogens is 398 g/mol. The fourth-order valence-corrected chi connectivity index (χ4v) is 5.12. The number of nitrogens with zero attached hydrogens (tertiary/aromatic N) is 3. The van der Waals surface area contributed by atoms with Gasteiger partial charge >= 0.3 is 0 Å². The van der Waals surface area contributed by atoms with E-state index < -0.39 is 0 Å². The number of amides is 2. The van der Waals surface area contributed by atoms with Gasteiger partial charge in [-0.05, 0) is 42.4 Å². The van der Waals surface area contributed by atoms with Gasteiger partial charge in [0.25, 0.3) is 0 Å². The van der Waals surface area contributed by atoms with Crippen LogP contribution in [0.1, 0.15) is 37.7 Å². The number of carbonyl (C=O) groups is 2. The lowest BCUT2D eigenvalue weighted by molar-refractivity contribution is -0.134. The molecule has 1 saturated carbocycles. The number of carbonyl (C=O) groups excluding carboxylic acids is 2. The molecule has 0 radical (unpaired) electrons. The van der Waals surface area contributed by atoms with Crippen molar-refractivity contribution in [3.63, 3.8) is 0 Å². The molecule has 0 bridgehead atoms. The van der Waals surface area contributed by atoms with Crippen LogP contribution in [0, 0.1) is 11.8 Å². The third kappa shape index (κ3) is 5.26. The Hall–Kier alpha value is -2.95. The van der Waals surface area contributed by atoms with E-state index in [1.807, 2.05) is 40.3 Å². The van der Waals surface area contributed by atoms with E-state index in [4.69, 9.17) is 0 Å². The van der Waals surface area contributed by atoms with Gasteiger partial charge in [0.1, 0.15) is 0 Å². The zero-order valence-electron chi connectivity index (χ0n) is 18.8. The van der Waals surface area contributed by atoms with Crippen LogP contribution in [0.5, 0.6) is 0 Å². The summed E-state index contributed by atoms with van der Waals surface area (Å²) in [6, 6.07) is 12.2. The molecule has 0 unspecified atom stereocenters. The lowest BCUT2D eigenvalue weighted by Gasteiger charge is -2.25. The van der Waals surface area contributed by atoms with Crippen molar-refractivity contribution < 1.29 is 9.59 Å². The Balaban J connectivity index is 1.56. The van der Waals surface area contributed by atoms with Crippen LogP contribution in [0.3, 0.4) is 0 Å². The molecule has 2 aromatic rings. The van der Waals surface area contributed by atoms with E-state index in [9.17, 15) is 9.59 Å². The highest BCUT2D eigenvalue weighted by molar-refractivity contribution is 5.83. The molecule has 5 heteroatoms. The van der Waals surface area contributed by atoms with Gasteiger partial charge in [0, 0.05) is 50.6 Å². The average Bonchev–Trinajstić information content (AvgIpc) is 3.28. The Labute approximate surface area is 191 Å². The van der Waals surface area contributed by atoms with E-state index in [0.717, 1.165) is 29.5 Å². The summed E-state index contributed by atoms with van der Waals surface area (Å²) in [4.78, 5) is 34.6. The molecule has 0 N–H and O–H groups in total. The molecule has 1 aliphatic heterocycles. The second-order valence-electron chi connectivity index (χ2n) is 9.07. The second kappa shape index (κ2) is 10.6. The lowest BCUT2D eigenvalue weighted by atomic mass is 9.91. The zero-order valence-corrected chi connectivity index (χ0v) is 18.8. The fourth-order valence-electron chi connectivity index (χ4n) is 5.12. The largest absolute Gasteiger partial charge is 0.340 e. The van der Waals surface area contributed by atoms with Crippen LogP contribution in [0.2, 0.25) is 0 Å². The van der Waals surface area contributed by atoms with Crippen molar-refractivity contribution in [3.05, 3.63) is 67.0 Å². The van der Waals surface area contributed by atoms with E-state index in [1.165, 1.54) is 12.8 Å². The molecule has 0 spiro atoms. The minimum atomic E-state index is -0.261. The van der Waals surface area contributed by atoms with Gasteiger partial charge in [0.2, 0.25) is 11.8 Å². The first-order valence-corrected chi connectivity index (χ1v) is 11.8. The van der Waals surface area contributed by atoms with E-state index in [-0.39, 0.29) is 17.7 Å². The number of rotatable bonds is 7. The van der Waals surface area contributed by atoms with Gasteiger partial charge in [-0.2, -0.15) is 0 Å². The number of hydrogen-bond donors (Lipinski definition) is 0. The van der Waals surface area contributed by atoms with Crippen LogP contribution in [0.15, 0.2) is 61.4 Å². The van der Waals surface area contributed by atoms with Crippen molar-refractivity contribution in [3.8, 4) is 11.1 Å². The number of benzene rings is 1. The van der Waals surface area contributed by atoms with Gasteiger partial charge in [-0.3, -0.25) is 14.6 Å². The molecule has 2 amide bonds. The summed E-state index contributed by atoms with van der Waals surface area (Å²) in [5.41, 5.74) is 3.25. The molecular formula is C27H33N3O2. The van der Waals surface area contributed by atoms with Gasteiger partial charge in [-0.15, -0.1) is 6.58 Å². The maximum atomic E-state index is 13.4. The van der Waals surface area contributed by atoms with Gasteiger partial charge in [-0.1, -0.05) is 49.2 Å². The first kappa shape index (κ1) is 22.3. The molecule has 1 aromatic heterocycles. The van der Waals surface area contributed by atoms with E-state index >= 15 is 0 Å². The Kier molecular flexibility index (Phi) is 7.35. The fraction of sp³-hybridized carbons (Fsp3) is 0.444. The normalized spacial score (nSPS) is 19.8. The SMILES string of the molecule is C=CCN1CCN(C(=O)CC2CCCC2)C[C@H](Cc2ccccc2-c2cccnc2)C1=O. The minimum Gasteiger partial charge on any atom is -0.340 e. The number of hydrogen-bond acceptors (Lipinski definition) is 3. The second-order valence-corrected chi connectivity index (χ2v) is 9.07. The van der Waals surface area contributed by atoms with E-state index in [0.29, 0.717) is 44.9 Å². The highest BCUT2D eigenvalue weighted by Gasteiger charge is 2.33. The third-order valence-corrected chi connectivity index (χ3v) is 6.84. The molecule has 1 aromatic carbocycles. The summed E-state index contributed by atoms with van der Waals surface area (Å²) in [6.45, 7) is 6.00. The first-order chi connectivity index (χ1) is 15.7. The summed E-state index contributed by atoms with van der Waals surface area (Å²) in [5.74, 6) is 0.566. The van der Waals surface area contributed by atoms with Crippen molar-refractivity contribution in [2.24, 2.45) is 11.8 Å². The van der Waals surface area contributed by atoms with Gasteiger partial charge < -0.3 is 9.80 Å². The standard InChI is InChI=1S/C27H33N3O2/c1-2-14-29-15-16-30(26(31)17-21-8-3-4-9-21)20-24(27(29)32)18-22-10-5-6-12-25(22)23-11-7-13-28-19-23/h2,5-7,10-13,19,21,24H,1,3-4,8-9,14-18,20H2/t24-/m0/s1. The van der Waals surface area contributed by atoms with Crippen LogP contribution in [-0.2, 0) is 16.0 Å². The quantitative estimate of drug-likeness (QED) is 0.613. The van der Waals surface area contributed by atoms with Crippen molar-refractivity contribution in [2.45, 2.75) is 38.5 Å². The van der Waals surface area contributed by atoms with Crippen LogP contribution in [0.4, 0.5) is 0 Å². The molecule has 32 heavy (non-hydrogen) atoms. The summed E-state index contributed by atoms with van der Waals surface area (Å²) >= 11 is 0. The zero-order chi connectivity index (χ0) is 22.3. The van der Waals surface area contributed by atoms with Gasteiger partial charge in [0.15, 0.2) is 0 Å². The molecule has 1 atom stereocenters. The highest BCUT2D eigenvalue weighted by atomic mass is 16.2. The summed E-state index contributed by atoms with van der Waals surface area (Å²) < 4.78 is 0. The van der Waals surface area contributed by atoms with Crippen LogP contribution >= 0.6 is 0 Å². The predicted octanol–water partition coefficient (Wildman–Crippen LogP) is 4.34. The monoisotopic (exact) mass is 431 g/mol. The van der Waals surface area contributed by atoms with E-state index in [2.05, 4.69) is 23.7 Å². The molecule has 2 fully saturated rings. The summed E-state index contributed by atoms with van der Waals surface area (Å²) in [6.07, 6.45) is 11.4. The van der Waals surface area contributed by atoms with Crippen LogP contribution in [0.25, 0.3) is 11.1 Å². The Morgan fingerprint density at radius 3 is 2.69 bits per heavy atom. The van der Waals surface area contributed by atoms with Gasteiger partial charge in [-0.25, -0.2) is 0 Å². The van der Waals surface area contributed by atoms with Crippen molar-refractivity contribution in [2.75, 3.05) is 26.2 Å². The molecule has 2 heterocycles. The third-order valence-electron chi connectivity index (χ3n) is 6.84. The van der Waals surface area contributed by atoms with Crippen molar-refractivity contribution in [1.82, 2.24) is 14.8 Å². The summed E-state index contributed by atoms with van der Waals surface area (Å²) in [7, 11) is 0. The molecule has 1 saturated heterocycles. The topological polar surface area (TPSA) is 53.5 Å². The van der Waals surface area contributed by atoms with Crippen molar-refractivity contribution >= 4 is 11.8 Å². The number of pyridine rings is 1. The Bertz CT molecular complexity index is 937. The Morgan fingerprint density at radius 1 is 1.12 bits per heavy atom. The highest BCUT2D eigenvalue weighted by Crippen LogP contribution is 2.30. The molecule has 168 valence electrons. The number of aromatic nitrogens is 1. The maximum Gasteiger partial charge on any atom is 0.228 e. The average molecular weight is 432 g/mol. The smallest absolute Gasteiger partial charge is 0.228 e. The predicted molar refractivity (Wildman–Crippen MR) is 127 cm³/mol. The molecule has 4 rings (SSSR count). The summed E-state index contributed by atoms with van der Waals surface area (Å²) in [5, 5.41) is 0. The van der Waals surface area contributed by atoms with Crippen LogP contribution in [-0.4, -0.2) is 52.8 Å². The van der Waals surface area contributed by atoms with E-state index in [1.54, 1.807) is 12.3 Å². The van der Waals surface area contributed by atoms with Crippen LogP contribution < -0.4 is 0 Å². The lowest BCUT2D eigenvalue weighted by Crippen LogP contribution is -2.38. The van der Waals surface area contributed by atoms with Gasteiger partial charge in [0.05, 0.1) is 5.92 Å². The van der Waals surface area contributed by atoms with Crippen molar-refractivity contribution in [1.29, 1.82) is 0 Å².